The number of benzene rings is 1. The zero-order valence-electron chi connectivity index (χ0n) is 11.2. The fraction of sp³-hybridized carbons (Fsp3) is 0.429. The van der Waals surface area contributed by atoms with Crippen molar-refractivity contribution in [3.05, 3.63) is 21.3 Å². The smallest absolute Gasteiger partial charge is 0.263 e. The van der Waals surface area contributed by atoms with Gasteiger partial charge in [-0.1, -0.05) is 0 Å². The SMILES string of the molecule is CC(Oc1c(N)cc(C#N)cc1I)C(=O)N1CCCC1. The van der Waals surface area contributed by atoms with E-state index in [0.717, 1.165) is 29.5 Å². The first-order valence-corrected chi connectivity index (χ1v) is 7.55. The van der Waals surface area contributed by atoms with Crippen molar-refractivity contribution >= 4 is 34.2 Å². The van der Waals surface area contributed by atoms with E-state index in [-0.39, 0.29) is 5.91 Å². The van der Waals surface area contributed by atoms with Gasteiger partial charge in [0.25, 0.3) is 5.91 Å². The van der Waals surface area contributed by atoms with Gasteiger partial charge in [0.1, 0.15) is 0 Å². The van der Waals surface area contributed by atoms with Crippen molar-refractivity contribution in [3.63, 3.8) is 0 Å². The molecular formula is C14H16IN3O2. The number of ether oxygens (including phenoxy) is 1. The monoisotopic (exact) mass is 385 g/mol. The van der Waals surface area contributed by atoms with Gasteiger partial charge in [-0.15, -0.1) is 0 Å². The number of nitrogen functional groups attached to an aromatic ring is 1. The fourth-order valence-corrected chi connectivity index (χ4v) is 3.00. The first kappa shape index (κ1) is 14.9. The second kappa shape index (κ2) is 6.31. The topological polar surface area (TPSA) is 79.3 Å². The Morgan fingerprint density at radius 2 is 2.15 bits per heavy atom. The quantitative estimate of drug-likeness (QED) is 0.639. The Balaban J connectivity index is 2.13. The summed E-state index contributed by atoms with van der Waals surface area (Å²) in [5.41, 5.74) is 6.76. The predicted molar refractivity (Wildman–Crippen MR) is 84.2 cm³/mol. The summed E-state index contributed by atoms with van der Waals surface area (Å²) < 4.78 is 6.45. The summed E-state index contributed by atoms with van der Waals surface area (Å²) in [7, 11) is 0. The molecule has 0 radical (unpaired) electrons. The Morgan fingerprint density at radius 1 is 1.50 bits per heavy atom. The Morgan fingerprint density at radius 3 is 2.70 bits per heavy atom. The van der Waals surface area contributed by atoms with E-state index in [2.05, 4.69) is 22.6 Å². The molecule has 106 valence electrons. The van der Waals surface area contributed by atoms with Crippen LogP contribution in [0.15, 0.2) is 12.1 Å². The van der Waals surface area contributed by atoms with Gasteiger partial charge in [0.15, 0.2) is 11.9 Å². The maximum Gasteiger partial charge on any atom is 0.263 e. The van der Waals surface area contributed by atoms with Crippen molar-refractivity contribution in [3.8, 4) is 11.8 Å². The molecule has 0 spiro atoms. The maximum atomic E-state index is 12.2. The molecule has 1 heterocycles. The molecule has 2 N–H and O–H groups in total. The number of hydrogen-bond acceptors (Lipinski definition) is 4. The van der Waals surface area contributed by atoms with Gasteiger partial charge in [-0.2, -0.15) is 5.26 Å². The minimum Gasteiger partial charge on any atom is -0.478 e. The summed E-state index contributed by atoms with van der Waals surface area (Å²) in [6.45, 7) is 3.33. The number of carbonyl (C=O) groups excluding carboxylic acids is 1. The zero-order chi connectivity index (χ0) is 14.7. The van der Waals surface area contributed by atoms with Crippen LogP contribution in [0.4, 0.5) is 5.69 Å². The van der Waals surface area contributed by atoms with Gasteiger partial charge in [0.2, 0.25) is 0 Å². The fourth-order valence-electron chi connectivity index (χ4n) is 2.23. The summed E-state index contributed by atoms with van der Waals surface area (Å²) in [5.74, 6) is 0.465. The van der Waals surface area contributed by atoms with Crippen molar-refractivity contribution < 1.29 is 9.53 Å². The Labute approximate surface area is 131 Å². The van der Waals surface area contributed by atoms with E-state index in [1.807, 2.05) is 11.0 Å². The third-order valence-electron chi connectivity index (χ3n) is 3.26. The van der Waals surface area contributed by atoms with Crippen LogP contribution >= 0.6 is 22.6 Å². The molecule has 1 aromatic carbocycles. The summed E-state index contributed by atoms with van der Waals surface area (Å²) in [4.78, 5) is 14.0. The van der Waals surface area contributed by atoms with E-state index in [0.29, 0.717) is 17.0 Å². The number of halogens is 1. The van der Waals surface area contributed by atoms with E-state index in [1.54, 1.807) is 19.1 Å². The van der Waals surface area contributed by atoms with E-state index in [1.165, 1.54) is 0 Å². The number of nitrogens with two attached hydrogens (primary N) is 1. The molecular weight excluding hydrogens is 369 g/mol. The number of nitriles is 1. The van der Waals surface area contributed by atoms with E-state index in [4.69, 9.17) is 15.7 Å². The lowest BCUT2D eigenvalue weighted by atomic mass is 10.2. The van der Waals surface area contributed by atoms with Crippen molar-refractivity contribution in [2.45, 2.75) is 25.9 Å². The lowest BCUT2D eigenvalue weighted by Crippen LogP contribution is -2.38. The van der Waals surface area contributed by atoms with Crippen LogP contribution in [0.3, 0.4) is 0 Å². The highest BCUT2D eigenvalue weighted by molar-refractivity contribution is 14.1. The van der Waals surface area contributed by atoms with Gasteiger partial charge < -0.3 is 15.4 Å². The molecule has 1 saturated heterocycles. The molecule has 1 unspecified atom stereocenters. The van der Waals surface area contributed by atoms with Crippen molar-refractivity contribution in [2.75, 3.05) is 18.8 Å². The largest absolute Gasteiger partial charge is 0.478 e. The van der Waals surface area contributed by atoms with Crippen LogP contribution in [0.5, 0.6) is 5.75 Å². The van der Waals surface area contributed by atoms with Gasteiger partial charge in [0, 0.05) is 13.1 Å². The van der Waals surface area contributed by atoms with Crippen LogP contribution in [0.2, 0.25) is 0 Å². The van der Waals surface area contributed by atoms with E-state index >= 15 is 0 Å². The van der Waals surface area contributed by atoms with Crippen LogP contribution in [0.25, 0.3) is 0 Å². The van der Waals surface area contributed by atoms with Gasteiger partial charge in [-0.3, -0.25) is 4.79 Å². The number of nitrogens with zero attached hydrogens (tertiary/aromatic N) is 2. The molecule has 1 aliphatic rings. The molecule has 1 aromatic rings. The average Bonchev–Trinajstić information content (AvgIpc) is 2.95. The first-order valence-electron chi connectivity index (χ1n) is 6.47. The number of carbonyl (C=O) groups is 1. The molecule has 20 heavy (non-hydrogen) atoms. The Bertz CT molecular complexity index is 539. The molecule has 1 fully saturated rings. The maximum absolute atomic E-state index is 12.2. The highest BCUT2D eigenvalue weighted by Crippen LogP contribution is 2.30. The highest BCUT2D eigenvalue weighted by Gasteiger charge is 2.25. The zero-order valence-corrected chi connectivity index (χ0v) is 13.4. The van der Waals surface area contributed by atoms with Gasteiger partial charge in [-0.05, 0) is 54.5 Å². The van der Waals surface area contributed by atoms with Crippen LogP contribution < -0.4 is 10.5 Å². The van der Waals surface area contributed by atoms with Crippen molar-refractivity contribution in [2.24, 2.45) is 0 Å². The van der Waals surface area contributed by atoms with Crippen molar-refractivity contribution in [1.29, 1.82) is 5.26 Å². The molecule has 1 atom stereocenters. The summed E-state index contributed by atoms with van der Waals surface area (Å²) in [5, 5.41) is 8.88. The average molecular weight is 385 g/mol. The third-order valence-corrected chi connectivity index (χ3v) is 4.06. The minimum absolute atomic E-state index is 0.0120. The molecule has 1 amide bonds. The molecule has 1 aliphatic heterocycles. The molecule has 6 heteroatoms. The molecule has 0 aromatic heterocycles. The van der Waals surface area contributed by atoms with Gasteiger partial charge in [0.05, 0.1) is 20.9 Å². The highest BCUT2D eigenvalue weighted by atomic mass is 127. The van der Waals surface area contributed by atoms with E-state index in [9.17, 15) is 4.79 Å². The molecule has 2 rings (SSSR count). The molecule has 5 nitrogen and oxygen atoms in total. The number of hydrogen-bond donors (Lipinski definition) is 1. The normalized spacial score (nSPS) is 15.8. The number of anilines is 1. The van der Waals surface area contributed by atoms with Gasteiger partial charge in [-0.25, -0.2) is 0 Å². The number of rotatable bonds is 3. The van der Waals surface area contributed by atoms with Crippen LogP contribution in [0.1, 0.15) is 25.3 Å². The molecule has 0 saturated carbocycles. The minimum atomic E-state index is -0.572. The Hall–Kier alpha value is -1.49. The molecule has 0 aliphatic carbocycles. The second-order valence-electron chi connectivity index (χ2n) is 4.78. The number of amides is 1. The predicted octanol–water partition coefficient (Wildman–Crippen LogP) is 2.13. The molecule has 0 bridgehead atoms. The lowest BCUT2D eigenvalue weighted by molar-refractivity contribution is -0.136. The van der Waals surface area contributed by atoms with Crippen LogP contribution in [-0.4, -0.2) is 30.0 Å². The second-order valence-corrected chi connectivity index (χ2v) is 5.94. The van der Waals surface area contributed by atoms with E-state index < -0.39 is 6.10 Å². The van der Waals surface area contributed by atoms with Crippen LogP contribution in [-0.2, 0) is 4.79 Å². The van der Waals surface area contributed by atoms with Gasteiger partial charge >= 0.3 is 0 Å². The summed E-state index contributed by atoms with van der Waals surface area (Å²) in [6.07, 6.45) is 1.53. The Kier molecular flexibility index (Phi) is 4.70. The third kappa shape index (κ3) is 3.15. The number of likely N-dealkylation sites (tertiary alicyclic amines) is 1. The van der Waals surface area contributed by atoms with Crippen LogP contribution in [0, 0.1) is 14.9 Å². The lowest BCUT2D eigenvalue weighted by Gasteiger charge is -2.22. The first-order chi connectivity index (χ1) is 9.52. The summed E-state index contributed by atoms with van der Waals surface area (Å²) in [6, 6.07) is 5.29. The van der Waals surface area contributed by atoms with Crippen molar-refractivity contribution in [1.82, 2.24) is 4.90 Å². The standard InChI is InChI=1S/C14H16IN3O2/c1-9(14(19)18-4-2-3-5-18)20-13-11(15)6-10(8-16)7-12(13)17/h6-7,9H,2-5,17H2,1H3. The summed E-state index contributed by atoms with van der Waals surface area (Å²) >= 11 is 2.06.